The maximum atomic E-state index is 14.1. The number of fused-ring (bicyclic) bond motifs is 1. The number of H-pyrrole nitrogens is 1. The highest BCUT2D eigenvalue weighted by molar-refractivity contribution is 6.01. The lowest BCUT2D eigenvalue weighted by Gasteiger charge is -2.17. The Morgan fingerprint density at radius 2 is 1.96 bits per heavy atom. The highest BCUT2D eigenvalue weighted by Gasteiger charge is 2.31. The van der Waals surface area contributed by atoms with Gasteiger partial charge in [-0.2, -0.15) is 0 Å². The van der Waals surface area contributed by atoms with Crippen molar-refractivity contribution >= 4 is 16.8 Å². The van der Waals surface area contributed by atoms with E-state index in [0.29, 0.717) is 24.3 Å². The van der Waals surface area contributed by atoms with Gasteiger partial charge in [0, 0.05) is 29.9 Å². The zero-order chi connectivity index (χ0) is 18.4. The summed E-state index contributed by atoms with van der Waals surface area (Å²) in [6.45, 7) is 7.34. The lowest BCUT2D eigenvalue weighted by molar-refractivity contribution is 0.0785. The number of benzene rings is 2. The number of hydrogen-bond acceptors (Lipinski definition) is 1. The summed E-state index contributed by atoms with van der Waals surface area (Å²) >= 11 is 0. The number of hydrogen-bond donors (Lipinski definition) is 1. The van der Waals surface area contributed by atoms with E-state index in [0.717, 1.165) is 28.5 Å². The number of nitrogens with one attached hydrogen (secondary N) is 1. The summed E-state index contributed by atoms with van der Waals surface area (Å²) in [6.07, 6.45) is 0.796. The first-order valence-electron chi connectivity index (χ1n) is 9.09. The van der Waals surface area contributed by atoms with Gasteiger partial charge in [-0.1, -0.05) is 29.8 Å². The molecule has 26 heavy (non-hydrogen) atoms. The fourth-order valence-corrected chi connectivity index (χ4v) is 4.16. The van der Waals surface area contributed by atoms with Crippen molar-refractivity contribution in [3.8, 4) is 0 Å². The topological polar surface area (TPSA) is 36.1 Å². The smallest absolute Gasteiger partial charge is 0.270 e. The molecule has 1 N–H and O–H groups in total. The molecular formula is C22H23FN2O. The third-order valence-electron chi connectivity index (χ3n) is 5.54. The van der Waals surface area contributed by atoms with E-state index in [-0.39, 0.29) is 17.6 Å². The van der Waals surface area contributed by atoms with Gasteiger partial charge in [0.1, 0.15) is 11.5 Å². The monoisotopic (exact) mass is 350 g/mol. The Kier molecular flexibility index (Phi) is 4.06. The molecular weight excluding hydrogens is 327 g/mol. The van der Waals surface area contributed by atoms with Crippen molar-refractivity contribution < 1.29 is 9.18 Å². The number of aromatic nitrogens is 1. The molecule has 1 aliphatic heterocycles. The highest BCUT2D eigenvalue weighted by atomic mass is 19.1. The zero-order valence-corrected chi connectivity index (χ0v) is 15.4. The van der Waals surface area contributed by atoms with Crippen LogP contribution in [0.1, 0.15) is 45.1 Å². The van der Waals surface area contributed by atoms with Gasteiger partial charge in [-0.15, -0.1) is 0 Å². The van der Waals surface area contributed by atoms with Crippen molar-refractivity contribution in [2.75, 3.05) is 13.1 Å². The number of likely N-dealkylation sites (tertiary alicyclic amines) is 1. The second-order valence-corrected chi connectivity index (χ2v) is 7.39. The number of aromatic amines is 1. The molecule has 4 rings (SSSR count). The molecule has 0 bridgehead atoms. The van der Waals surface area contributed by atoms with E-state index < -0.39 is 0 Å². The van der Waals surface area contributed by atoms with E-state index in [9.17, 15) is 9.18 Å². The fourth-order valence-electron chi connectivity index (χ4n) is 4.16. The van der Waals surface area contributed by atoms with Crippen LogP contribution >= 0.6 is 0 Å². The number of rotatable bonds is 2. The third kappa shape index (κ3) is 2.70. The van der Waals surface area contributed by atoms with Gasteiger partial charge < -0.3 is 9.88 Å². The highest BCUT2D eigenvalue weighted by Crippen LogP contribution is 2.32. The van der Waals surface area contributed by atoms with Crippen molar-refractivity contribution in [1.82, 2.24) is 9.88 Å². The molecule has 1 aliphatic rings. The lowest BCUT2D eigenvalue weighted by atomic mass is 9.98. The molecule has 0 saturated carbocycles. The van der Waals surface area contributed by atoms with Crippen LogP contribution in [0.3, 0.4) is 0 Å². The number of halogens is 1. The number of carbonyl (C=O) groups is 1. The van der Waals surface area contributed by atoms with Gasteiger partial charge in [0.05, 0.1) is 0 Å². The van der Waals surface area contributed by atoms with Crippen LogP contribution in [0.2, 0.25) is 0 Å². The molecule has 1 unspecified atom stereocenters. The Morgan fingerprint density at radius 1 is 1.19 bits per heavy atom. The first-order valence-corrected chi connectivity index (χ1v) is 9.09. The van der Waals surface area contributed by atoms with Gasteiger partial charge in [0.2, 0.25) is 0 Å². The van der Waals surface area contributed by atoms with E-state index in [2.05, 4.69) is 31.0 Å². The van der Waals surface area contributed by atoms with Crippen LogP contribution in [0, 0.1) is 26.6 Å². The second-order valence-electron chi connectivity index (χ2n) is 7.39. The molecule has 134 valence electrons. The van der Waals surface area contributed by atoms with Gasteiger partial charge in [-0.05, 0) is 56.0 Å². The van der Waals surface area contributed by atoms with E-state index in [1.807, 2.05) is 24.0 Å². The Bertz CT molecular complexity index is 1000. The summed E-state index contributed by atoms with van der Waals surface area (Å²) in [6, 6.07) is 11.1. The van der Waals surface area contributed by atoms with E-state index in [1.54, 1.807) is 6.07 Å². The molecule has 4 heteroatoms. The fraction of sp³-hybridized carbons (Fsp3) is 0.318. The van der Waals surface area contributed by atoms with Crippen LogP contribution in [-0.4, -0.2) is 28.9 Å². The van der Waals surface area contributed by atoms with Crippen molar-refractivity contribution in [3.05, 3.63) is 70.2 Å². The average molecular weight is 350 g/mol. The molecule has 0 aliphatic carbocycles. The third-order valence-corrected chi connectivity index (χ3v) is 5.54. The van der Waals surface area contributed by atoms with E-state index in [1.165, 1.54) is 11.6 Å². The second kappa shape index (κ2) is 6.27. The summed E-state index contributed by atoms with van der Waals surface area (Å²) in [5.74, 6) is -0.108. The number of amides is 1. The molecule has 3 nitrogen and oxygen atoms in total. The van der Waals surface area contributed by atoms with Crippen molar-refractivity contribution in [3.63, 3.8) is 0 Å². The van der Waals surface area contributed by atoms with Crippen molar-refractivity contribution in [1.29, 1.82) is 0 Å². The SMILES string of the molecule is Cc1cc(C)c2[nH]c(C(=O)N3CCC(c4ccccc4F)C3)c(C)c2c1. The van der Waals surface area contributed by atoms with Crippen LogP contribution in [-0.2, 0) is 0 Å². The predicted octanol–water partition coefficient (Wildman–Crippen LogP) is 4.86. The maximum Gasteiger partial charge on any atom is 0.270 e. The summed E-state index contributed by atoms with van der Waals surface area (Å²) in [5, 5.41) is 1.11. The average Bonchev–Trinajstić information content (AvgIpc) is 3.21. The molecule has 1 amide bonds. The van der Waals surface area contributed by atoms with E-state index >= 15 is 0 Å². The zero-order valence-electron chi connectivity index (χ0n) is 15.4. The van der Waals surface area contributed by atoms with Gasteiger partial charge in [0.15, 0.2) is 0 Å². The Hall–Kier alpha value is -2.62. The molecule has 1 atom stereocenters. The molecule has 0 radical (unpaired) electrons. The molecule has 2 aromatic carbocycles. The largest absolute Gasteiger partial charge is 0.350 e. The molecule has 2 heterocycles. The Morgan fingerprint density at radius 3 is 2.73 bits per heavy atom. The van der Waals surface area contributed by atoms with Crippen molar-refractivity contribution in [2.45, 2.75) is 33.1 Å². The first-order chi connectivity index (χ1) is 12.5. The van der Waals surface area contributed by atoms with Gasteiger partial charge in [-0.3, -0.25) is 4.79 Å². The predicted molar refractivity (Wildman–Crippen MR) is 102 cm³/mol. The minimum Gasteiger partial charge on any atom is -0.350 e. The Labute approximate surface area is 152 Å². The normalized spacial score (nSPS) is 17.2. The number of aryl methyl sites for hydroxylation is 3. The van der Waals surface area contributed by atoms with E-state index in [4.69, 9.17) is 0 Å². The van der Waals surface area contributed by atoms with Crippen LogP contribution in [0.5, 0.6) is 0 Å². The van der Waals surface area contributed by atoms with Crippen LogP contribution < -0.4 is 0 Å². The summed E-state index contributed by atoms with van der Waals surface area (Å²) < 4.78 is 14.1. The van der Waals surface area contributed by atoms with Crippen LogP contribution in [0.4, 0.5) is 4.39 Å². The summed E-state index contributed by atoms with van der Waals surface area (Å²) in [4.78, 5) is 18.3. The van der Waals surface area contributed by atoms with Gasteiger partial charge in [-0.25, -0.2) is 4.39 Å². The van der Waals surface area contributed by atoms with Crippen LogP contribution in [0.15, 0.2) is 36.4 Å². The first kappa shape index (κ1) is 16.8. The van der Waals surface area contributed by atoms with Gasteiger partial charge in [0.25, 0.3) is 5.91 Å². The molecule has 0 spiro atoms. The molecule has 1 fully saturated rings. The molecule has 1 saturated heterocycles. The molecule has 3 aromatic rings. The Balaban J connectivity index is 1.63. The molecule has 1 aromatic heterocycles. The van der Waals surface area contributed by atoms with Crippen LogP contribution in [0.25, 0.3) is 10.9 Å². The minimum atomic E-state index is -0.181. The summed E-state index contributed by atoms with van der Waals surface area (Å²) in [5.41, 5.74) is 5.72. The van der Waals surface area contributed by atoms with Gasteiger partial charge >= 0.3 is 0 Å². The van der Waals surface area contributed by atoms with Crippen molar-refractivity contribution in [2.24, 2.45) is 0 Å². The quantitative estimate of drug-likeness (QED) is 0.704. The summed E-state index contributed by atoms with van der Waals surface area (Å²) in [7, 11) is 0. The minimum absolute atomic E-state index is 0.00888. The number of nitrogens with zero attached hydrogens (tertiary/aromatic N) is 1. The number of carbonyl (C=O) groups excluding carboxylic acids is 1. The lowest BCUT2D eigenvalue weighted by Crippen LogP contribution is -2.29. The standard InChI is InChI=1S/C22H23FN2O/c1-13-10-14(2)20-18(11-13)15(3)21(24-20)22(26)25-9-8-16(12-25)17-6-4-5-7-19(17)23/h4-7,10-11,16,24H,8-9,12H2,1-3H3. The maximum absolute atomic E-state index is 14.1.